The summed E-state index contributed by atoms with van der Waals surface area (Å²) in [6.07, 6.45) is 12.3. The van der Waals surface area contributed by atoms with Gasteiger partial charge in [-0.15, -0.1) is 17.8 Å². The lowest BCUT2D eigenvalue weighted by Gasteiger charge is -2.31. The second kappa shape index (κ2) is 13.3. The summed E-state index contributed by atoms with van der Waals surface area (Å²) in [7, 11) is 0. The second-order valence-electron chi connectivity index (χ2n) is 15.5. The van der Waals surface area contributed by atoms with E-state index in [1.807, 2.05) is 11.0 Å². The molecule has 0 aliphatic carbocycles. The molecule has 9 rings (SSSR count). The highest BCUT2D eigenvalue weighted by atomic mass is 32.1. The first-order chi connectivity index (χ1) is 26.0. The van der Waals surface area contributed by atoms with Crippen molar-refractivity contribution in [3.63, 3.8) is 0 Å². The fourth-order valence-corrected chi connectivity index (χ4v) is 10.2. The fraction of sp³-hybridized carbons (Fsp3) is 0.538. The molecule has 11 nitrogen and oxygen atoms in total. The summed E-state index contributed by atoms with van der Waals surface area (Å²) >= 11 is 1.30. The number of aryl methyl sites for hydroxylation is 1. The van der Waals surface area contributed by atoms with Crippen LogP contribution in [-0.2, 0) is 15.4 Å². The zero-order valence-electron chi connectivity index (χ0n) is 30.3. The van der Waals surface area contributed by atoms with Crippen LogP contribution in [0.2, 0.25) is 0 Å². The van der Waals surface area contributed by atoms with Gasteiger partial charge in [0.15, 0.2) is 6.23 Å². The monoisotopic (exact) mass is 761 g/mol. The Bertz CT molecular complexity index is 2300. The first-order valence-electron chi connectivity index (χ1n) is 18.6. The maximum Gasteiger partial charge on any atom is 0.334 e. The van der Waals surface area contributed by atoms with Crippen LogP contribution in [-0.4, -0.2) is 105 Å². The van der Waals surface area contributed by atoms with Gasteiger partial charge in [0.05, 0.1) is 52.8 Å². The number of ether oxygens (including phenoxy) is 3. The number of anilines is 1. The number of benzene rings is 1. The molecule has 4 saturated heterocycles. The number of β-amino-alcohol motifs (C(OH)–C–C–N with tert-alkyl or cyclic N) is 1. The maximum atomic E-state index is 16.0. The Morgan fingerprint density at radius 1 is 1.19 bits per heavy atom. The molecule has 8 heterocycles. The smallest absolute Gasteiger partial charge is 0.334 e. The molecule has 0 saturated carbocycles. The summed E-state index contributed by atoms with van der Waals surface area (Å²) in [4.78, 5) is 19.3. The Hall–Kier alpha value is -4.07. The Labute approximate surface area is 314 Å². The van der Waals surface area contributed by atoms with Gasteiger partial charge in [-0.2, -0.15) is 23.8 Å². The number of terminal acetylenes is 1. The van der Waals surface area contributed by atoms with Gasteiger partial charge in [-0.25, -0.2) is 9.07 Å². The number of hydrogen-bond donors (Lipinski definition) is 1. The normalized spacial score (nSPS) is 26.8. The van der Waals surface area contributed by atoms with Crippen LogP contribution >= 0.6 is 11.3 Å². The number of hydrogen-bond acceptors (Lipinski definition) is 11. The molecule has 0 amide bonds. The Morgan fingerprint density at radius 3 is 2.87 bits per heavy atom. The SMILES string of the molecule is C#CC(F)(F)c1c(C)cc2c(cnn2C2CCCCO2)c1-c1nccc2c1sc1nc(OC[C@@]34CCCN3C[C@H](F)C4)nc(N3CCOC[C@](C)(O)C3)c12. The Morgan fingerprint density at radius 2 is 2.06 bits per heavy atom. The van der Waals surface area contributed by atoms with Crippen LogP contribution in [0.15, 0.2) is 24.5 Å². The zero-order chi connectivity index (χ0) is 37.4. The van der Waals surface area contributed by atoms with Crippen molar-refractivity contribution in [2.45, 2.75) is 81.8 Å². The quantitative estimate of drug-likeness (QED) is 0.184. The molecule has 1 unspecified atom stereocenters. The van der Waals surface area contributed by atoms with E-state index in [9.17, 15) is 9.50 Å². The zero-order valence-corrected chi connectivity index (χ0v) is 31.1. The number of halogens is 3. The number of rotatable bonds is 7. The Balaban J connectivity index is 1.25. The highest BCUT2D eigenvalue weighted by Gasteiger charge is 2.49. The summed E-state index contributed by atoms with van der Waals surface area (Å²) in [6.45, 7) is 6.53. The number of nitrogens with zero attached hydrogens (tertiary/aromatic N) is 7. The standard InChI is InChI=1S/C39H42F3N7O4S/c1-4-39(41,42)31-23(2)16-27-26(18-44-49(27)28-8-5-6-14-52-28)29(31)32-33-25(9-11-43-32)30-34(47-13-15-51-21-37(3,50)20-47)45-36(46-35(30)54-33)53-22-38-10-7-12-48(38)19-24(40)17-38/h1,9,11,16,18,24,28,50H,5-8,10,12-15,17,19-22H2,2-3H3/t24-,28?,37-,38+/m1/s1. The van der Waals surface area contributed by atoms with E-state index in [-0.39, 0.29) is 43.1 Å². The van der Waals surface area contributed by atoms with E-state index < -0.39 is 23.2 Å². The first-order valence-corrected chi connectivity index (χ1v) is 19.4. The lowest BCUT2D eigenvalue weighted by molar-refractivity contribution is -0.0366. The van der Waals surface area contributed by atoms with Crippen molar-refractivity contribution in [3.8, 4) is 29.6 Å². The molecule has 1 N–H and O–H groups in total. The van der Waals surface area contributed by atoms with Crippen LogP contribution in [0.4, 0.5) is 19.0 Å². The van der Waals surface area contributed by atoms with Crippen LogP contribution in [0.3, 0.4) is 0 Å². The number of pyridine rings is 1. The van der Waals surface area contributed by atoms with Gasteiger partial charge >= 0.3 is 11.9 Å². The third-order valence-electron chi connectivity index (χ3n) is 11.5. The van der Waals surface area contributed by atoms with Crippen LogP contribution in [0.5, 0.6) is 6.01 Å². The minimum absolute atomic E-state index is 0.123. The molecule has 4 atom stereocenters. The van der Waals surface area contributed by atoms with Crippen LogP contribution in [0.1, 0.15) is 62.8 Å². The molecule has 54 heavy (non-hydrogen) atoms. The summed E-state index contributed by atoms with van der Waals surface area (Å²) in [5.74, 6) is -1.37. The number of aliphatic hydroxyl groups is 1. The van der Waals surface area contributed by atoms with Crippen molar-refractivity contribution in [2.75, 3.05) is 57.5 Å². The van der Waals surface area contributed by atoms with E-state index in [2.05, 4.69) is 10.00 Å². The van der Waals surface area contributed by atoms with Gasteiger partial charge in [0, 0.05) is 54.2 Å². The third kappa shape index (κ3) is 5.97. The van der Waals surface area contributed by atoms with Crippen molar-refractivity contribution in [1.82, 2.24) is 29.6 Å². The van der Waals surface area contributed by atoms with Crippen LogP contribution in [0.25, 0.3) is 42.5 Å². The summed E-state index contributed by atoms with van der Waals surface area (Å²) in [5.41, 5.74) is -0.428. The number of aromatic nitrogens is 5. The molecular weight excluding hydrogens is 720 g/mol. The summed E-state index contributed by atoms with van der Waals surface area (Å²) < 4.78 is 67.1. The van der Waals surface area contributed by atoms with E-state index in [0.29, 0.717) is 81.0 Å². The van der Waals surface area contributed by atoms with Gasteiger partial charge in [0.2, 0.25) is 0 Å². The third-order valence-corrected chi connectivity index (χ3v) is 12.6. The minimum atomic E-state index is -3.62. The van der Waals surface area contributed by atoms with Gasteiger partial charge < -0.3 is 24.2 Å². The summed E-state index contributed by atoms with van der Waals surface area (Å²) in [6, 6.07) is 3.66. The number of alkyl halides is 3. The average Bonchev–Trinajstić information content (AvgIpc) is 3.89. The topological polar surface area (TPSA) is 111 Å². The van der Waals surface area contributed by atoms with Crippen LogP contribution in [0, 0.1) is 19.3 Å². The largest absolute Gasteiger partial charge is 0.461 e. The van der Waals surface area contributed by atoms with Gasteiger partial charge in [-0.1, -0.05) is 0 Å². The molecule has 15 heteroatoms. The van der Waals surface area contributed by atoms with Gasteiger partial charge in [-0.3, -0.25) is 9.88 Å². The fourth-order valence-electron chi connectivity index (χ4n) is 9.05. The second-order valence-corrected chi connectivity index (χ2v) is 16.5. The molecule has 4 aromatic heterocycles. The first kappa shape index (κ1) is 35.6. The molecule has 284 valence electrons. The van der Waals surface area contributed by atoms with Gasteiger partial charge in [0.1, 0.15) is 29.0 Å². The van der Waals surface area contributed by atoms with Crippen molar-refractivity contribution < 1.29 is 32.5 Å². The number of thiophene rings is 1. The lowest BCUT2D eigenvalue weighted by Crippen LogP contribution is -2.43. The van der Waals surface area contributed by atoms with Gasteiger partial charge in [0.25, 0.3) is 0 Å². The molecular formula is C39H42F3N7O4S. The predicted molar refractivity (Wildman–Crippen MR) is 200 cm³/mol. The average molecular weight is 762 g/mol. The van der Waals surface area contributed by atoms with Crippen molar-refractivity contribution in [3.05, 3.63) is 35.7 Å². The molecule has 4 fully saturated rings. The summed E-state index contributed by atoms with van der Waals surface area (Å²) in [5, 5.41) is 17.7. The predicted octanol–water partition coefficient (Wildman–Crippen LogP) is 6.53. The van der Waals surface area contributed by atoms with Crippen LogP contribution < -0.4 is 9.64 Å². The highest BCUT2D eigenvalue weighted by molar-refractivity contribution is 7.26. The molecule has 4 aliphatic rings. The maximum absolute atomic E-state index is 16.0. The van der Waals surface area contributed by atoms with Crippen molar-refractivity contribution in [2.24, 2.45) is 0 Å². The van der Waals surface area contributed by atoms with E-state index in [1.54, 1.807) is 42.9 Å². The molecule has 1 aromatic carbocycles. The van der Waals surface area contributed by atoms with E-state index in [1.165, 1.54) is 11.3 Å². The number of fused-ring (bicyclic) bond motifs is 5. The molecule has 0 spiro atoms. The highest BCUT2D eigenvalue weighted by Crippen LogP contribution is 2.49. The van der Waals surface area contributed by atoms with Crippen molar-refractivity contribution >= 4 is 48.4 Å². The molecule has 0 radical (unpaired) electrons. The molecule has 5 aromatic rings. The van der Waals surface area contributed by atoms with Gasteiger partial charge in [-0.05, 0) is 76.1 Å². The van der Waals surface area contributed by atoms with E-state index >= 15 is 8.78 Å². The minimum Gasteiger partial charge on any atom is -0.461 e. The Kier molecular flexibility index (Phi) is 8.77. The van der Waals surface area contributed by atoms with E-state index in [4.69, 9.17) is 35.6 Å². The van der Waals surface area contributed by atoms with Crippen molar-refractivity contribution in [1.29, 1.82) is 0 Å². The lowest BCUT2D eigenvalue weighted by atomic mass is 9.91. The van der Waals surface area contributed by atoms with E-state index in [0.717, 1.165) is 38.6 Å². The molecule has 0 bridgehead atoms. The molecule has 4 aliphatic heterocycles.